The molecule has 0 radical (unpaired) electrons. The van der Waals surface area contributed by atoms with E-state index in [0.717, 1.165) is 5.56 Å². The topological polar surface area (TPSA) is 129 Å². The van der Waals surface area contributed by atoms with Crippen molar-refractivity contribution < 1.29 is 28.7 Å². The molecule has 0 unspecified atom stereocenters. The lowest BCUT2D eigenvalue weighted by Gasteiger charge is -2.11. The standard InChI is InChI=1S/C25H22ClN3O7/c1-3-34-23-13-17(14-27-28-24(30)15-35-20-9-10-21(26)16(2)12-20)4-11-22(23)36-25(31)18-5-7-19(8-6-18)29(32)33/h4-14H,3,15H2,1-2H3,(H,28,30). The normalized spacial score (nSPS) is 10.6. The number of esters is 1. The Morgan fingerprint density at radius 3 is 2.47 bits per heavy atom. The van der Waals surface area contributed by atoms with Crippen LogP contribution in [0.2, 0.25) is 5.02 Å². The van der Waals surface area contributed by atoms with Gasteiger partial charge in [-0.05, 0) is 73.5 Å². The first-order chi connectivity index (χ1) is 17.3. The fourth-order valence-corrected chi connectivity index (χ4v) is 3.02. The molecule has 0 aliphatic carbocycles. The Labute approximate surface area is 211 Å². The van der Waals surface area contributed by atoms with Gasteiger partial charge < -0.3 is 14.2 Å². The first-order valence-electron chi connectivity index (χ1n) is 10.7. The van der Waals surface area contributed by atoms with Crippen LogP contribution in [-0.4, -0.2) is 36.2 Å². The van der Waals surface area contributed by atoms with E-state index in [4.69, 9.17) is 25.8 Å². The Morgan fingerprint density at radius 2 is 1.81 bits per heavy atom. The lowest BCUT2D eigenvalue weighted by atomic mass is 10.2. The van der Waals surface area contributed by atoms with Gasteiger partial charge in [-0.25, -0.2) is 10.2 Å². The quantitative estimate of drug-likeness (QED) is 0.137. The lowest BCUT2D eigenvalue weighted by Crippen LogP contribution is -2.24. The van der Waals surface area contributed by atoms with Gasteiger partial charge in [0, 0.05) is 17.2 Å². The van der Waals surface area contributed by atoms with Gasteiger partial charge in [0.25, 0.3) is 11.6 Å². The Kier molecular flexibility index (Phi) is 8.95. The molecule has 0 aliphatic rings. The summed E-state index contributed by atoms with van der Waals surface area (Å²) in [5.74, 6) is -0.207. The summed E-state index contributed by atoms with van der Waals surface area (Å²) in [7, 11) is 0. The highest BCUT2D eigenvalue weighted by molar-refractivity contribution is 6.31. The minimum absolute atomic E-state index is 0.135. The summed E-state index contributed by atoms with van der Waals surface area (Å²) in [6, 6.07) is 14.8. The molecule has 1 amide bonds. The van der Waals surface area contributed by atoms with Crippen LogP contribution in [0.1, 0.15) is 28.4 Å². The van der Waals surface area contributed by atoms with Crippen LogP contribution in [0, 0.1) is 17.0 Å². The monoisotopic (exact) mass is 511 g/mol. The van der Waals surface area contributed by atoms with Crippen LogP contribution in [0.25, 0.3) is 0 Å². The average Bonchev–Trinajstić information content (AvgIpc) is 2.86. The summed E-state index contributed by atoms with van der Waals surface area (Å²) in [6.45, 7) is 3.67. The number of hydrazone groups is 1. The Morgan fingerprint density at radius 1 is 1.06 bits per heavy atom. The second kappa shape index (κ2) is 12.3. The van der Waals surface area contributed by atoms with Crippen LogP contribution >= 0.6 is 11.6 Å². The average molecular weight is 512 g/mol. The van der Waals surface area contributed by atoms with Crippen LogP contribution in [0.15, 0.2) is 65.8 Å². The zero-order valence-corrected chi connectivity index (χ0v) is 20.2. The van der Waals surface area contributed by atoms with Crippen LogP contribution < -0.4 is 19.6 Å². The number of halogens is 1. The minimum Gasteiger partial charge on any atom is -0.490 e. The second-order valence-corrected chi connectivity index (χ2v) is 7.73. The van der Waals surface area contributed by atoms with Crippen molar-refractivity contribution in [1.82, 2.24) is 5.43 Å². The zero-order chi connectivity index (χ0) is 26.1. The maximum absolute atomic E-state index is 12.4. The molecule has 3 aromatic carbocycles. The predicted molar refractivity (Wildman–Crippen MR) is 133 cm³/mol. The third kappa shape index (κ3) is 7.28. The molecule has 3 rings (SSSR count). The third-order valence-electron chi connectivity index (χ3n) is 4.69. The third-order valence-corrected chi connectivity index (χ3v) is 5.11. The van der Waals surface area contributed by atoms with Gasteiger partial charge in [0.1, 0.15) is 5.75 Å². The number of non-ortho nitro benzene ring substituents is 1. The second-order valence-electron chi connectivity index (χ2n) is 7.33. The molecule has 0 saturated carbocycles. The molecular weight excluding hydrogens is 490 g/mol. The van der Waals surface area contributed by atoms with Crippen molar-refractivity contribution in [3.05, 3.63) is 92.5 Å². The molecule has 0 fully saturated rings. The number of carbonyl (C=O) groups excluding carboxylic acids is 2. The molecule has 186 valence electrons. The van der Waals surface area contributed by atoms with Crippen molar-refractivity contribution in [3.63, 3.8) is 0 Å². The van der Waals surface area contributed by atoms with E-state index < -0.39 is 16.8 Å². The highest BCUT2D eigenvalue weighted by Crippen LogP contribution is 2.29. The van der Waals surface area contributed by atoms with E-state index >= 15 is 0 Å². The van der Waals surface area contributed by atoms with E-state index in [9.17, 15) is 19.7 Å². The largest absolute Gasteiger partial charge is 0.490 e. The fraction of sp³-hybridized carbons (Fsp3) is 0.160. The van der Waals surface area contributed by atoms with E-state index in [1.54, 1.807) is 37.3 Å². The van der Waals surface area contributed by atoms with E-state index in [1.165, 1.54) is 36.5 Å². The van der Waals surface area contributed by atoms with Gasteiger partial charge in [0.15, 0.2) is 18.1 Å². The number of nitrogens with zero attached hydrogens (tertiary/aromatic N) is 2. The molecule has 11 heteroatoms. The number of amides is 1. The molecule has 0 aliphatic heterocycles. The summed E-state index contributed by atoms with van der Waals surface area (Å²) < 4.78 is 16.4. The van der Waals surface area contributed by atoms with Crippen molar-refractivity contribution in [2.24, 2.45) is 5.10 Å². The molecule has 3 aromatic rings. The summed E-state index contributed by atoms with van der Waals surface area (Å²) in [4.78, 5) is 34.7. The molecule has 0 heterocycles. The summed E-state index contributed by atoms with van der Waals surface area (Å²) in [5.41, 5.74) is 3.78. The predicted octanol–water partition coefficient (Wildman–Crippen LogP) is 4.70. The number of benzene rings is 3. The molecule has 0 aromatic heterocycles. The lowest BCUT2D eigenvalue weighted by molar-refractivity contribution is -0.384. The number of rotatable bonds is 10. The SMILES string of the molecule is CCOc1cc(C=NNC(=O)COc2ccc(Cl)c(C)c2)ccc1OC(=O)c1ccc([N+](=O)[O-])cc1. The van der Waals surface area contributed by atoms with E-state index in [0.29, 0.717) is 22.9 Å². The molecule has 0 bridgehead atoms. The minimum atomic E-state index is -0.699. The van der Waals surface area contributed by atoms with Gasteiger partial charge in [0.2, 0.25) is 0 Å². The van der Waals surface area contributed by atoms with E-state index in [1.807, 2.05) is 6.92 Å². The van der Waals surface area contributed by atoms with Crippen molar-refractivity contribution >= 4 is 35.4 Å². The van der Waals surface area contributed by atoms with E-state index in [2.05, 4.69) is 10.5 Å². The van der Waals surface area contributed by atoms with Crippen LogP contribution in [0.5, 0.6) is 17.2 Å². The van der Waals surface area contributed by atoms with Gasteiger partial charge in [-0.15, -0.1) is 0 Å². The van der Waals surface area contributed by atoms with Gasteiger partial charge in [-0.2, -0.15) is 5.10 Å². The van der Waals surface area contributed by atoms with Crippen LogP contribution in [0.3, 0.4) is 0 Å². The highest BCUT2D eigenvalue weighted by atomic mass is 35.5. The Hall–Kier alpha value is -4.44. The zero-order valence-electron chi connectivity index (χ0n) is 19.4. The maximum Gasteiger partial charge on any atom is 0.343 e. The molecule has 0 saturated heterocycles. The number of aryl methyl sites for hydroxylation is 1. The van der Waals surface area contributed by atoms with Crippen molar-refractivity contribution in [3.8, 4) is 17.2 Å². The van der Waals surface area contributed by atoms with Gasteiger partial charge in [-0.1, -0.05) is 11.6 Å². The number of hydrogen-bond acceptors (Lipinski definition) is 8. The molecule has 0 spiro atoms. The first kappa shape index (κ1) is 26.2. The molecule has 0 atom stereocenters. The smallest absolute Gasteiger partial charge is 0.343 e. The number of nitrogens with one attached hydrogen (secondary N) is 1. The number of carbonyl (C=O) groups is 2. The summed E-state index contributed by atoms with van der Waals surface area (Å²) in [6.07, 6.45) is 1.40. The number of hydrogen-bond donors (Lipinski definition) is 1. The maximum atomic E-state index is 12.4. The van der Waals surface area contributed by atoms with Gasteiger partial charge >= 0.3 is 5.97 Å². The number of nitro benzene ring substituents is 1. The van der Waals surface area contributed by atoms with Crippen LogP contribution in [0.4, 0.5) is 5.69 Å². The van der Waals surface area contributed by atoms with E-state index in [-0.39, 0.29) is 29.4 Å². The number of nitro groups is 1. The summed E-state index contributed by atoms with van der Waals surface area (Å²) in [5, 5.41) is 15.3. The molecule has 1 N–H and O–H groups in total. The van der Waals surface area contributed by atoms with Gasteiger partial charge in [-0.3, -0.25) is 14.9 Å². The van der Waals surface area contributed by atoms with Crippen molar-refractivity contribution in [1.29, 1.82) is 0 Å². The van der Waals surface area contributed by atoms with Gasteiger partial charge in [0.05, 0.1) is 23.3 Å². The molecule has 36 heavy (non-hydrogen) atoms. The Balaban J connectivity index is 1.60. The Bertz CT molecular complexity index is 1290. The number of ether oxygens (including phenoxy) is 3. The van der Waals surface area contributed by atoms with Crippen molar-refractivity contribution in [2.75, 3.05) is 13.2 Å². The highest BCUT2D eigenvalue weighted by Gasteiger charge is 2.15. The molecule has 10 nitrogen and oxygen atoms in total. The van der Waals surface area contributed by atoms with Crippen LogP contribution in [-0.2, 0) is 4.79 Å². The fourth-order valence-electron chi connectivity index (χ4n) is 2.90. The molecular formula is C25H22ClN3O7. The van der Waals surface area contributed by atoms with Crippen molar-refractivity contribution in [2.45, 2.75) is 13.8 Å². The summed E-state index contributed by atoms with van der Waals surface area (Å²) >= 11 is 5.97. The first-order valence-corrected chi connectivity index (χ1v) is 11.1.